The van der Waals surface area contributed by atoms with Gasteiger partial charge >= 0.3 is 0 Å². The Morgan fingerprint density at radius 1 is 1.29 bits per heavy atom. The van der Waals surface area contributed by atoms with Gasteiger partial charge < -0.3 is 5.32 Å². The molecule has 0 atom stereocenters. The lowest BCUT2D eigenvalue weighted by Crippen LogP contribution is -1.98. The second kappa shape index (κ2) is 6.35. The lowest BCUT2D eigenvalue weighted by atomic mass is 10.2. The van der Waals surface area contributed by atoms with E-state index in [1.807, 2.05) is 24.5 Å². The molecule has 0 aliphatic carbocycles. The van der Waals surface area contributed by atoms with Crippen molar-refractivity contribution in [3.63, 3.8) is 0 Å². The summed E-state index contributed by atoms with van der Waals surface area (Å²) in [5.74, 6) is 0. The minimum absolute atomic E-state index is 1.02. The molecule has 1 N–H and O–H groups in total. The van der Waals surface area contributed by atoms with Crippen LogP contribution in [-0.4, -0.2) is 16.5 Å². The third-order valence-corrected chi connectivity index (χ3v) is 3.50. The number of nitrogens with one attached hydrogen (secondary N) is 1. The zero-order valence-electron chi connectivity index (χ0n) is 10.0. The molecule has 0 aliphatic heterocycles. The molecule has 2 aromatic rings. The highest BCUT2D eigenvalue weighted by molar-refractivity contribution is 7.18. The first-order valence-corrected chi connectivity index (χ1v) is 6.82. The molecule has 0 saturated carbocycles. The van der Waals surface area contributed by atoms with E-state index in [1.165, 1.54) is 19.3 Å². The predicted molar refractivity (Wildman–Crippen MR) is 73.4 cm³/mol. The molecule has 0 bridgehead atoms. The molecule has 2 aromatic heterocycles. The number of thiazole rings is 1. The minimum atomic E-state index is 1.02. The van der Waals surface area contributed by atoms with Gasteiger partial charge in [0.1, 0.15) is 10.0 Å². The Morgan fingerprint density at radius 2 is 2.24 bits per heavy atom. The Bertz CT molecular complexity index is 439. The molecule has 0 fully saturated rings. The van der Waals surface area contributed by atoms with Gasteiger partial charge in [-0.25, -0.2) is 4.98 Å². The van der Waals surface area contributed by atoms with Crippen molar-refractivity contribution in [3.8, 4) is 10.6 Å². The van der Waals surface area contributed by atoms with E-state index in [-0.39, 0.29) is 0 Å². The van der Waals surface area contributed by atoms with Gasteiger partial charge in [0.25, 0.3) is 0 Å². The van der Waals surface area contributed by atoms with Crippen molar-refractivity contribution in [3.05, 3.63) is 30.7 Å². The number of hydrogen-bond acceptors (Lipinski definition) is 4. The van der Waals surface area contributed by atoms with E-state index in [0.717, 1.165) is 22.1 Å². The average Bonchev–Trinajstić information content (AvgIpc) is 2.85. The van der Waals surface area contributed by atoms with Crippen LogP contribution in [0, 0.1) is 0 Å². The molecule has 0 amide bonds. The smallest absolute Gasteiger partial charge is 0.126 e. The van der Waals surface area contributed by atoms with Crippen LogP contribution in [-0.2, 0) is 0 Å². The van der Waals surface area contributed by atoms with Crippen LogP contribution in [0.4, 0.5) is 5.00 Å². The molecular weight excluding hydrogens is 230 g/mol. The number of hydrogen-bond donors (Lipinski definition) is 1. The highest BCUT2D eigenvalue weighted by atomic mass is 32.1. The normalized spacial score (nSPS) is 10.4. The van der Waals surface area contributed by atoms with E-state index in [0.29, 0.717) is 0 Å². The Labute approximate surface area is 106 Å². The second-order valence-electron chi connectivity index (χ2n) is 3.91. The topological polar surface area (TPSA) is 37.8 Å². The summed E-state index contributed by atoms with van der Waals surface area (Å²) in [4.78, 5) is 8.50. The molecule has 0 aromatic carbocycles. The first-order valence-electron chi connectivity index (χ1n) is 6.00. The van der Waals surface area contributed by atoms with Crippen LogP contribution >= 0.6 is 11.3 Å². The molecular formula is C13H17N3S. The maximum Gasteiger partial charge on any atom is 0.126 e. The van der Waals surface area contributed by atoms with Crippen molar-refractivity contribution in [2.75, 3.05) is 11.9 Å². The van der Waals surface area contributed by atoms with Crippen molar-refractivity contribution in [2.45, 2.75) is 26.2 Å². The third kappa shape index (κ3) is 3.53. The average molecular weight is 247 g/mol. The van der Waals surface area contributed by atoms with Gasteiger partial charge in [-0.1, -0.05) is 31.1 Å². The van der Waals surface area contributed by atoms with Crippen LogP contribution in [0.2, 0.25) is 0 Å². The van der Waals surface area contributed by atoms with Crippen LogP contribution in [0.3, 0.4) is 0 Å². The van der Waals surface area contributed by atoms with Gasteiger partial charge in [0.2, 0.25) is 0 Å². The summed E-state index contributed by atoms with van der Waals surface area (Å²) in [5.41, 5.74) is 1.08. The maximum atomic E-state index is 4.40. The number of nitrogens with zero attached hydrogens (tertiary/aromatic N) is 2. The molecule has 2 rings (SSSR count). The van der Waals surface area contributed by atoms with Crippen molar-refractivity contribution >= 4 is 16.3 Å². The van der Waals surface area contributed by atoms with Crippen LogP contribution in [0.15, 0.2) is 30.7 Å². The SMILES string of the molecule is CCCCCNc1cnc(-c2cccnc2)s1. The minimum Gasteiger partial charge on any atom is -0.376 e. The van der Waals surface area contributed by atoms with E-state index >= 15 is 0 Å². The van der Waals surface area contributed by atoms with Crippen LogP contribution in [0.5, 0.6) is 0 Å². The molecule has 0 unspecified atom stereocenters. The molecule has 17 heavy (non-hydrogen) atoms. The Kier molecular flexibility index (Phi) is 4.50. The number of rotatable bonds is 6. The highest BCUT2D eigenvalue weighted by Gasteiger charge is 2.03. The van der Waals surface area contributed by atoms with E-state index in [9.17, 15) is 0 Å². The standard InChI is InChI=1S/C13H17N3S/c1-2-3-4-8-15-12-10-16-13(17-12)11-6-5-7-14-9-11/h5-7,9-10,15H,2-4,8H2,1H3. The van der Waals surface area contributed by atoms with E-state index in [4.69, 9.17) is 0 Å². The zero-order valence-corrected chi connectivity index (χ0v) is 10.8. The number of unbranched alkanes of at least 4 members (excludes halogenated alkanes) is 2. The highest BCUT2D eigenvalue weighted by Crippen LogP contribution is 2.27. The van der Waals surface area contributed by atoms with Gasteiger partial charge in [-0.3, -0.25) is 4.98 Å². The van der Waals surface area contributed by atoms with Gasteiger partial charge in [-0.2, -0.15) is 0 Å². The van der Waals surface area contributed by atoms with Gasteiger partial charge in [-0.05, 0) is 18.6 Å². The lowest BCUT2D eigenvalue weighted by Gasteiger charge is -2.00. The van der Waals surface area contributed by atoms with Gasteiger partial charge in [0.05, 0.1) is 6.20 Å². The monoisotopic (exact) mass is 247 g/mol. The first kappa shape index (κ1) is 12.0. The maximum absolute atomic E-state index is 4.40. The number of aromatic nitrogens is 2. The fourth-order valence-corrected chi connectivity index (χ4v) is 2.40. The fourth-order valence-electron chi connectivity index (χ4n) is 1.57. The molecule has 0 spiro atoms. The van der Waals surface area contributed by atoms with Crippen LogP contribution < -0.4 is 5.32 Å². The predicted octanol–water partition coefficient (Wildman–Crippen LogP) is 3.81. The van der Waals surface area contributed by atoms with Gasteiger partial charge in [0, 0.05) is 24.5 Å². The Balaban J connectivity index is 1.92. The third-order valence-electron chi connectivity index (χ3n) is 2.49. The van der Waals surface area contributed by atoms with Gasteiger partial charge in [-0.15, -0.1) is 0 Å². The molecule has 2 heterocycles. The van der Waals surface area contributed by atoms with Crippen LogP contribution in [0.25, 0.3) is 10.6 Å². The summed E-state index contributed by atoms with van der Waals surface area (Å²) in [6, 6.07) is 3.97. The number of pyridine rings is 1. The second-order valence-corrected chi connectivity index (χ2v) is 4.94. The van der Waals surface area contributed by atoms with Crippen molar-refractivity contribution < 1.29 is 0 Å². The van der Waals surface area contributed by atoms with Crippen molar-refractivity contribution in [1.29, 1.82) is 0 Å². The van der Waals surface area contributed by atoms with Crippen LogP contribution in [0.1, 0.15) is 26.2 Å². The summed E-state index contributed by atoms with van der Waals surface area (Å²) in [5, 5.41) is 5.57. The number of anilines is 1. The summed E-state index contributed by atoms with van der Waals surface area (Å²) >= 11 is 1.68. The lowest BCUT2D eigenvalue weighted by molar-refractivity contribution is 0.744. The zero-order chi connectivity index (χ0) is 11.9. The quantitative estimate of drug-likeness (QED) is 0.789. The summed E-state index contributed by atoms with van der Waals surface area (Å²) in [6.45, 7) is 3.25. The van der Waals surface area contributed by atoms with E-state index in [1.54, 1.807) is 17.5 Å². The van der Waals surface area contributed by atoms with Crippen molar-refractivity contribution in [2.24, 2.45) is 0 Å². The first-order chi connectivity index (χ1) is 8.40. The molecule has 4 heteroatoms. The summed E-state index contributed by atoms with van der Waals surface area (Å²) in [7, 11) is 0. The molecule has 3 nitrogen and oxygen atoms in total. The Hall–Kier alpha value is -1.42. The van der Waals surface area contributed by atoms with E-state index in [2.05, 4.69) is 22.2 Å². The summed E-state index contributed by atoms with van der Waals surface area (Å²) < 4.78 is 0. The fraction of sp³-hybridized carbons (Fsp3) is 0.385. The molecule has 90 valence electrons. The Morgan fingerprint density at radius 3 is 3.00 bits per heavy atom. The van der Waals surface area contributed by atoms with E-state index < -0.39 is 0 Å². The largest absolute Gasteiger partial charge is 0.376 e. The molecule has 0 saturated heterocycles. The van der Waals surface area contributed by atoms with Crippen molar-refractivity contribution in [1.82, 2.24) is 9.97 Å². The molecule has 0 aliphatic rings. The molecule has 0 radical (unpaired) electrons. The summed E-state index contributed by atoms with van der Waals surface area (Å²) in [6.07, 6.45) is 9.28. The van der Waals surface area contributed by atoms with Gasteiger partial charge in [0.15, 0.2) is 0 Å².